The van der Waals surface area contributed by atoms with E-state index in [2.05, 4.69) is 0 Å². The summed E-state index contributed by atoms with van der Waals surface area (Å²) in [5, 5.41) is 51.2. The van der Waals surface area contributed by atoms with Gasteiger partial charge in [-0.05, 0) is 48.1 Å². The van der Waals surface area contributed by atoms with Crippen LogP contribution in [0.5, 0.6) is 0 Å². The molecule has 1 aliphatic heterocycles. The molecule has 2 heterocycles. The monoisotopic (exact) mass is 461 g/mol. The van der Waals surface area contributed by atoms with Gasteiger partial charge in [-0.2, -0.15) is 0 Å². The third-order valence-corrected chi connectivity index (χ3v) is 6.48. The highest BCUT2D eigenvalue weighted by Crippen LogP contribution is 2.38. The third-order valence-electron chi connectivity index (χ3n) is 6.17. The van der Waals surface area contributed by atoms with E-state index in [0.29, 0.717) is 23.4 Å². The molecule has 32 heavy (non-hydrogen) atoms. The Morgan fingerprint density at radius 3 is 2.28 bits per heavy atom. The van der Waals surface area contributed by atoms with Gasteiger partial charge in [-0.25, -0.2) is 0 Å². The summed E-state index contributed by atoms with van der Waals surface area (Å²) < 4.78 is 7.48. The Kier molecular flexibility index (Phi) is 6.88. The number of aryl methyl sites for hydroxylation is 1. The van der Waals surface area contributed by atoms with Crippen LogP contribution in [-0.2, 0) is 17.6 Å². The molecule has 8 heteroatoms. The van der Waals surface area contributed by atoms with Crippen molar-refractivity contribution < 1.29 is 30.3 Å². The first-order chi connectivity index (χ1) is 15.3. The van der Waals surface area contributed by atoms with E-state index in [9.17, 15) is 20.4 Å². The van der Waals surface area contributed by atoms with Crippen molar-refractivity contribution in [2.45, 2.75) is 50.4 Å². The quantitative estimate of drug-likeness (QED) is 0.381. The summed E-state index contributed by atoms with van der Waals surface area (Å²) in [6, 6.07) is 11.7. The second-order valence-electron chi connectivity index (χ2n) is 8.34. The van der Waals surface area contributed by atoms with Gasteiger partial charge in [0, 0.05) is 18.2 Å². The number of aliphatic hydroxyl groups is 5. The maximum atomic E-state index is 10.7. The molecule has 7 nitrogen and oxygen atoms in total. The number of nitrogens with zero attached hydrogens (tertiary/aromatic N) is 1. The normalized spacial score (nSPS) is 26.0. The van der Waals surface area contributed by atoms with Crippen molar-refractivity contribution in [1.29, 1.82) is 0 Å². The zero-order valence-electron chi connectivity index (χ0n) is 17.7. The van der Waals surface area contributed by atoms with Gasteiger partial charge in [0.2, 0.25) is 0 Å². The fraction of sp³-hybridized carbons (Fsp3) is 0.417. The van der Waals surface area contributed by atoms with E-state index in [1.54, 1.807) is 10.6 Å². The van der Waals surface area contributed by atoms with E-state index in [1.165, 1.54) is 0 Å². The molecule has 5 N–H and O–H groups in total. The minimum absolute atomic E-state index is 0.101. The first-order valence-corrected chi connectivity index (χ1v) is 11.0. The van der Waals surface area contributed by atoms with Gasteiger partial charge in [-0.3, -0.25) is 0 Å². The largest absolute Gasteiger partial charge is 0.396 e. The molecule has 3 aromatic rings. The van der Waals surface area contributed by atoms with Crippen molar-refractivity contribution in [2.75, 3.05) is 13.2 Å². The van der Waals surface area contributed by atoms with Crippen LogP contribution in [0.15, 0.2) is 42.6 Å². The molecule has 1 aliphatic rings. The summed E-state index contributed by atoms with van der Waals surface area (Å²) in [6.45, 7) is 1.58. The predicted octanol–water partition coefficient (Wildman–Crippen LogP) is 1.70. The van der Waals surface area contributed by atoms with Crippen molar-refractivity contribution in [2.24, 2.45) is 0 Å². The van der Waals surface area contributed by atoms with Gasteiger partial charge in [0.25, 0.3) is 0 Å². The topological polar surface area (TPSA) is 115 Å². The average Bonchev–Trinajstić information content (AvgIpc) is 3.16. The van der Waals surface area contributed by atoms with Gasteiger partial charge in [0.15, 0.2) is 6.23 Å². The summed E-state index contributed by atoms with van der Waals surface area (Å²) in [5.74, 6) is 0. The van der Waals surface area contributed by atoms with Crippen molar-refractivity contribution in [3.8, 4) is 0 Å². The van der Waals surface area contributed by atoms with Crippen LogP contribution in [0.4, 0.5) is 0 Å². The molecule has 0 bridgehead atoms. The Labute approximate surface area is 191 Å². The minimum Gasteiger partial charge on any atom is -0.396 e. The van der Waals surface area contributed by atoms with Crippen LogP contribution in [0.2, 0.25) is 5.02 Å². The van der Waals surface area contributed by atoms with E-state index in [1.807, 2.05) is 43.5 Å². The number of aliphatic hydroxyl groups excluding tert-OH is 5. The molecule has 1 saturated heterocycles. The minimum atomic E-state index is -1.48. The van der Waals surface area contributed by atoms with Crippen LogP contribution in [-0.4, -0.2) is 67.7 Å². The van der Waals surface area contributed by atoms with Gasteiger partial charge < -0.3 is 34.8 Å². The summed E-state index contributed by atoms with van der Waals surface area (Å²) in [4.78, 5) is 0. The Morgan fingerprint density at radius 2 is 1.62 bits per heavy atom. The van der Waals surface area contributed by atoms with Gasteiger partial charge in [-0.1, -0.05) is 41.9 Å². The van der Waals surface area contributed by atoms with E-state index < -0.39 is 37.3 Å². The number of halogens is 1. The molecule has 1 fully saturated rings. The highest BCUT2D eigenvalue weighted by Gasteiger charge is 2.44. The second-order valence-corrected chi connectivity index (χ2v) is 8.74. The average molecular weight is 462 g/mol. The Morgan fingerprint density at radius 1 is 0.938 bits per heavy atom. The molecular formula is C24H28ClNO6. The molecule has 0 unspecified atom stereocenters. The number of benzene rings is 2. The Bertz CT molecular complexity index is 1080. The maximum Gasteiger partial charge on any atom is 0.163 e. The third kappa shape index (κ3) is 4.18. The number of rotatable bonds is 6. The molecular weight excluding hydrogens is 434 g/mol. The van der Waals surface area contributed by atoms with E-state index >= 15 is 0 Å². The molecule has 0 radical (unpaired) electrons. The Balaban J connectivity index is 1.78. The first kappa shape index (κ1) is 23.2. The van der Waals surface area contributed by atoms with Gasteiger partial charge in [0.05, 0.1) is 17.1 Å². The summed E-state index contributed by atoms with van der Waals surface area (Å²) in [7, 11) is 0. The van der Waals surface area contributed by atoms with Crippen molar-refractivity contribution in [3.05, 3.63) is 69.9 Å². The SMILES string of the molecule is Cc1ccc(Cl)c2c1c(Cc1ccc(CCO)cc1)cn2[C@@H]1O[C@H](CO)[C@@H](O)[C@H](O)[C@H]1O. The summed E-state index contributed by atoms with van der Waals surface area (Å²) >= 11 is 6.57. The van der Waals surface area contributed by atoms with Gasteiger partial charge in [0.1, 0.15) is 24.4 Å². The number of hydrogen-bond acceptors (Lipinski definition) is 6. The zero-order chi connectivity index (χ0) is 23.0. The van der Waals surface area contributed by atoms with Crippen LogP contribution in [0.25, 0.3) is 10.9 Å². The van der Waals surface area contributed by atoms with Crippen LogP contribution in [0.3, 0.4) is 0 Å². The standard InChI is InChI=1S/C24H28ClNO6/c1-13-2-7-17(25)20-19(13)16(10-15-5-3-14(4-6-15)8-9-27)11-26(20)24-23(31)22(30)21(29)18(12-28)32-24/h2-7,11,18,21-24,27-31H,8-10,12H2,1H3/t18-,21-,22+,23-,24-/m1/s1. The molecule has 0 saturated carbocycles. The zero-order valence-corrected chi connectivity index (χ0v) is 18.5. The molecule has 172 valence electrons. The number of hydrogen-bond donors (Lipinski definition) is 5. The second kappa shape index (κ2) is 9.49. The van der Waals surface area contributed by atoms with Crippen molar-refractivity contribution in [3.63, 3.8) is 0 Å². The lowest BCUT2D eigenvalue weighted by molar-refractivity contribution is -0.250. The van der Waals surface area contributed by atoms with Crippen molar-refractivity contribution >= 4 is 22.5 Å². The lowest BCUT2D eigenvalue weighted by atomic mass is 9.98. The molecule has 1 aromatic heterocycles. The molecule has 4 rings (SSSR count). The molecule has 0 spiro atoms. The predicted molar refractivity (Wildman–Crippen MR) is 121 cm³/mol. The summed E-state index contributed by atoms with van der Waals surface area (Å²) in [5.41, 5.74) is 4.74. The molecule has 0 amide bonds. The highest BCUT2D eigenvalue weighted by molar-refractivity contribution is 6.35. The maximum absolute atomic E-state index is 10.7. The number of fused-ring (bicyclic) bond motifs is 1. The highest BCUT2D eigenvalue weighted by atomic mass is 35.5. The lowest BCUT2D eigenvalue weighted by Gasteiger charge is -2.40. The lowest BCUT2D eigenvalue weighted by Crippen LogP contribution is -2.56. The van der Waals surface area contributed by atoms with E-state index in [0.717, 1.165) is 27.6 Å². The first-order valence-electron chi connectivity index (χ1n) is 10.6. The van der Waals surface area contributed by atoms with Crippen LogP contribution >= 0.6 is 11.6 Å². The van der Waals surface area contributed by atoms with Gasteiger partial charge >= 0.3 is 0 Å². The Hall–Kier alpha value is -1.97. The summed E-state index contributed by atoms with van der Waals surface area (Å²) in [6.07, 6.45) is -3.32. The fourth-order valence-electron chi connectivity index (χ4n) is 4.44. The van der Waals surface area contributed by atoms with E-state index in [-0.39, 0.29) is 6.61 Å². The van der Waals surface area contributed by atoms with Gasteiger partial charge in [-0.15, -0.1) is 0 Å². The smallest absolute Gasteiger partial charge is 0.163 e. The van der Waals surface area contributed by atoms with Crippen LogP contribution in [0, 0.1) is 6.92 Å². The van der Waals surface area contributed by atoms with E-state index in [4.69, 9.17) is 21.4 Å². The number of ether oxygens (including phenoxy) is 1. The molecule has 2 aromatic carbocycles. The molecule has 0 aliphatic carbocycles. The van der Waals surface area contributed by atoms with Crippen molar-refractivity contribution in [1.82, 2.24) is 4.57 Å². The van der Waals surface area contributed by atoms with Crippen LogP contribution in [0.1, 0.15) is 28.5 Å². The van der Waals surface area contributed by atoms with Crippen LogP contribution < -0.4 is 0 Å². The molecule has 5 atom stereocenters. The fourth-order valence-corrected chi connectivity index (χ4v) is 4.70. The number of aromatic nitrogens is 1.